The number of rotatable bonds is 4. The largest absolute Gasteiger partial charge is 0.384 e. The molecule has 0 saturated carbocycles. The van der Waals surface area contributed by atoms with Gasteiger partial charge < -0.3 is 15.8 Å². The van der Waals surface area contributed by atoms with Gasteiger partial charge in [0.2, 0.25) is 0 Å². The van der Waals surface area contributed by atoms with Crippen molar-refractivity contribution in [3.05, 3.63) is 41.5 Å². The Morgan fingerprint density at radius 1 is 1.37 bits per heavy atom. The molecule has 2 aromatic rings. The molecule has 0 bridgehead atoms. The van der Waals surface area contributed by atoms with Crippen molar-refractivity contribution >= 4 is 17.3 Å². The summed E-state index contributed by atoms with van der Waals surface area (Å²) in [5.74, 6) is 0.843. The smallest absolute Gasteiger partial charge is 0.158 e. The Labute approximate surface area is 110 Å². The van der Waals surface area contributed by atoms with Crippen LogP contribution < -0.4 is 11.1 Å². The van der Waals surface area contributed by atoms with Crippen molar-refractivity contribution in [1.29, 1.82) is 0 Å². The first-order chi connectivity index (χ1) is 9.10. The summed E-state index contributed by atoms with van der Waals surface area (Å²) in [6.07, 6.45) is 0. The molecule has 2 rings (SSSR count). The third-order valence-corrected chi connectivity index (χ3v) is 2.54. The zero-order valence-corrected chi connectivity index (χ0v) is 10.8. The predicted molar refractivity (Wildman–Crippen MR) is 71.6 cm³/mol. The highest BCUT2D eigenvalue weighted by molar-refractivity contribution is 5.62. The maximum absolute atomic E-state index is 13.7. The van der Waals surface area contributed by atoms with Crippen LogP contribution in [0.25, 0.3) is 0 Å². The van der Waals surface area contributed by atoms with E-state index in [1.807, 2.05) is 13.0 Å². The van der Waals surface area contributed by atoms with Crippen molar-refractivity contribution < 1.29 is 9.13 Å². The van der Waals surface area contributed by atoms with Crippen molar-refractivity contribution in [3.8, 4) is 0 Å². The lowest BCUT2D eigenvalue weighted by Crippen LogP contribution is -2.05. The van der Waals surface area contributed by atoms with E-state index in [1.165, 1.54) is 6.07 Å². The zero-order chi connectivity index (χ0) is 13.8. The van der Waals surface area contributed by atoms with Gasteiger partial charge in [0.25, 0.3) is 0 Å². The maximum atomic E-state index is 13.7. The fraction of sp³-hybridized carbons (Fsp3) is 0.231. The Hall–Kier alpha value is -2.21. The molecule has 19 heavy (non-hydrogen) atoms. The van der Waals surface area contributed by atoms with Crippen molar-refractivity contribution in [3.63, 3.8) is 0 Å². The zero-order valence-electron chi connectivity index (χ0n) is 10.8. The molecule has 0 aliphatic rings. The summed E-state index contributed by atoms with van der Waals surface area (Å²) in [6, 6.07) is 6.40. The molecule has 1 heterocycles. The van der Waals surface area contributed by atoms with Crippen LogP contribution in [0.4, 0.5) is 21.7 Å². The molecule has 0 unspecified atom stereocenters. The number of halogens is 1. The summed E-state index contributed by atoms with van der Waals surface area (Å²) < 4.78 is 18.7. The van der Waals surface area contributed by atoms with E-state index < -0.39 is 0 Å². The van der Waals surface area contributed by atoms with Crippen LogP contribution in [0.1, 0.15) is 11.4 Å². The minimum Gasteiger partial charge on any atom is -0.384 e. The summed E-state index contributed by atoms with van der Waals surface area (Å²) in [6.45, 7) is 2.06. The second kappa shape index (κ2) is 5.62. The second-order valence-corrected chi connectivity index (χ2v) is 4.08. The van der Waals surface area contributed by atoms with Crippen molar-refractivity contribution in [2.24, 2.45) is 0 Å². The van der Waals surface area contributed by atoms with Crippen LogP contribution in [0, 0.1) is 12.7 Å². The molecular weight excluding hydrogens is 247 g/mol. The molecule has 1 aromatic carbocycles. The van der Waals surface area contributed by atoms with Gasteiger partial charge in [-0.05, 0) is 18.6 Å². The third-order valence-electron chi connectivity index (χ3n) is 2.54. The number of hydrogen-bond acceptors (Lipinski definition) is 5. The Morgan fingerprint density at radius 2 is 2.16 bits per heavy atom. The van der Waals surface area contributed by atoms with Gasteiger partial charge >= 0.3 is 0 Å². The van der Waals surface area contributed by atoms with Crippen LogP contribution in [-0.2, 0) is 11.3 Å². The van der Waals surface area contributed by atoms with Gasteiger partial charge in [-0.2, -0.15) is 0 Å². The summed E-state index contributed by atoms with van der Waals surface area (Å²) in [7, 11) is 1.54. The molecule has 0 atom stereocenters. The van der Waals surface area contributed by atoms with Crippen molar-refractivity contribution in [1.82, 2.24) is 9.97 Å². The Morgan fingerprint density at radius 3 is 2.84 bits per heavy atom. The highest BCUT2D eigenvalue weighted by atomic mass is 19.1. The molecule has 1 aromatic heterocycles. The number of nitrogens with one attached hydrogen (secondary N) is 1. The molecule has 5 nitrogen and oxygen atoms in total. The number of nitrogens with zero attached hydrogens (tertiary/aromatic N) is 2. The number of methoxy groups -OCH3 is 1. The first-order valence-corrected chi connectivity index (χ1v) is 5.74. The number of aromatic nitrogens is 2. The molecular formula is C13H15FN4O. The van der Waals surface area contributed by atoms with E-state index in [2.05, 4.69) is 15.3 Å². The van der Waals surface area contributed by atoms with Crippen LogP contribution in [-0.4, -0.2) is 17.1 Å². The van der Waals surface area contributed by atoms with Gasteiger partial charge in [-0.1, -0.05) is 12.1 Å². The van der Waals surface area contributed by atoms with Gasteiger partial charge in [0.1, 0.15) is 24.1 Å². The molecule has 0 saturated heterocycles. The number of benzene rings is 1. The molecule has 6 heteroatoms. The van der Waals surface area contributed by atoms with Crippen LogP contribution in [0.15, 0.2) is 24.3 Å². The van der Waals surface area contributed by atoms with E-state index in [0.29, 0.717) is 23.1 Å². The minimum atomic E-state index is -0.342. The molecule has 0 amide bonds. The van der Waals surface area contributed by atoms with Crippen molar-refractivity contribution in [2.75, 3.05) is 18.2 Å². The maximum Gasteiger partial charge on any atom is 0.158 e. The lowest BCUT2D eigenvalue weighted by atomic mass is 10.2. The molecule has 100 valence electrons. The Kier molecular flexibility index (Phi) is 3.91. The topological polar surface area (TPSA) is 73.1 Å². The van der Waals surface area contributed by atoms with Crippen LogP contribution in [0.3, 0.4) is 0 Å². The number of ether oxygens (including phenoxy) is 1. The normalized spacial score (nSPS) is 10.5. The lowest BCUT2D eigenvalue weighted by Gasteiger charge is -2.11. The summed E-state index contributed by atoms with van der Waals surface area (Å²) in [5, 5.41) is 2.92. The number of nitrogens with two attached hydrogens (primary N) is 1. The van der Waals surface area contributed by atoms with E-state index in [4.69, 9.17) is 10.5 Å². The quantitative estimate of drug-likeness (QED) is 0.885. The van der Waals surface area contributed by atoms with Crippen molar-refractivity contribution in [2.45, 2.75) is 13.5 Å². The van der Waals surface area contributed by atoms with Gasteiger partial charge in [-0.3, -0.25) is 0 Å². The Bertz CT molecular complexity index is 569. The number of para-hydroxylation sites is 1. The molecule has 0 spiro atoms. The van der Waals surface area contributed by atoms with E-state index in [9.17, 15) is 4.39 Å². The van der Waals surface area contributed by atoms with Gasteiger partial charge in [0, 0.05) is 13.2 Å². The number of nitrogen functional groups attached to an aromatic ring is 1. The minimum absolute atomic E-state index is 0.246. The first-order valence-electron chi connectivity index (χ1n) is 5.74. The highest BCUT2D eigenvalue weighted by Gasteiger charge is 2.08. The molecule has 0 aliphatic heterocycles. The first kappa shape index (κ1) is 13.2. The lowest BCUT2D eigenvalue weighted by molar-refractivity contribution is 0.178. The average Bonchev–Trinajstić information content (AvgIpc) is 2.34. The van der Waals surface area contributed by atoms with Gasteiger partial charge in [0.15, 0.2) is 5.82 Å². The van der Waals surface area contributed by atoms with Crippen LogP contribution in [0.5, 0.6) is 0 Å². The average molecular weight is 262 g/mol. The second-order valence-electron chi connectivity index (χ2n) is 4.08. The molecule has 0 radical (unpaired) electrons. The van der Waals surface area contributed by atoms with E-state index in [1.54, 1.807) is 19.2 Å². The van der Waals surface area contributed by atoms with Crippen LogP contribution in [0.2, 0.25) is 0 Å². The molecule has 3 N–H and O–H groups in total. The monoisotopic (exact) mass is 262 g/mol. The third kappa shape index (κ3) is 3.17. The van der Waals surface area contributed by atoms with Gasteiger partial charge in [-0.25, -0.2) is 14.4 Å². The van der Waals surface area contributed by atoms with Gasteiger partial charge in [-0.15, -0.1) is 0 Å². The Balaban J connectivity index is 2.33. The SMILES string of the molecule is COCc1nc(N)cc(Nc2c(C)cccc2F)n1. The summed E-state index contributed by atoms with van der Waals surface area (Å²) in [5.41, 5.74) is 6.84. The standard InChI is InChI=1S/C13H15FN4O/c1-8-4-3-5-9(14)13(8)18-11-6-10(15)16-12(17-11)7-19-2/h3-6H,7H2,1-2H3,(H3,15,16,17,18). The highest BCUT2D eigenvalue weighted by Crippen LogP contribution is 2.23. The fourth-order valence-electron chi connectivity index (χ4n) is 1.69. The van der Waals surface area contributed by atoms with E-state index >= 15 is 0 Å². The van der Waals surface area contributed by atoms with E-state index in [-0.39, 0.29) is 12.4 Å². The summed E-state index contributed by atoms with van der Waals surface area (Å²) >= 11 is 0. The number of anilines is 3. The fourth-order valence-corrected chi connectivity index (χ4v) is 1.69. The summed E-state index contributed by atoms with van der Waals surface area (Å²) in [4.78, 5) is 8.22. The molecule has 0 fully saturated rings. The number of aryl methyl sites for hydroxylation is 1. The van der Waals surface area contributed by atoms with E-state index in [0.717, 1.165) is 5.56 Å². The number of hydrogen-bond donors (Lipinski definition) is 2. The predicted octanol–water partition coefficient (Wildman–Crippen LogP) is 2.40. The van der Waals surface area contributed by atoms with Crippen LogP contribution >= 0.6 is 0 Å². The molecule has 0 aliphatic carbocycles. The van der Waals surface area contributed by atoms with Gasteiger partial charge in [0.05, 0.1) is 5.69 Å².